The molecule has 2 aliphatic rings. The van der Waals surface area contributed by atoms with E-state index in [9.17, 15) is 0 Å². The van der Waals surface area contributed by atoms with Crippen LogP contribution in [0.1, 0.15) is 0 Å². The number of anilines is 3. The molecule has 0 fully saturated rings. The van der Waals surface area contributed by atoms with Gasteiger partial charge in [0.2, 0.25) is 0 Å². The van der Waals surface area contributed by atoms with E-state index in [1.165, 1.54) is 63.9 Å². The molecule has 1 nitrogen and oxygen atoms in total. The van der Waals surface area contributed by atoms with E-state index < -0.39 is 8.07 Å². The number of hydrogen-bond donors (Lipinski definition) is 0. The normalized spacial score (nSPS) is 13.2. The summed E-state index contributed by atoms with van der Waals surface area (Å²) in [7, 11) is -2.54. The van der Waals surface area contributed by atoms with Crippen LogP contribution >= 0.6 is 11.8 Å². The molecule has 0 radical (unpaired) electrons. The SMILES string of the molecule is c1ccc(-c2ccc(N(c3ccccc3)c3ccc(-c4ccc5c(c4)[Si]4(c6ccccc6S5)c5ccccc5-c5ccccc54)cc3)cc2)cc1. The van der Waals surface area contributed by atoms with Crippen LogP contribution in [-0.2, 0) is 0 Å². The van der Waals surface area contributed by atoms with Gasteiger partial charge >= 0.3 is 0 Å². The number of rotatable bonds is 5. The molecule has 10 rings (SSSR count). The van der Waals surface area contributed by atoms with Crippen molar-refractivity contribution in [1.82, 2.24) is 0 Å². The Morgan fingerprint density at radius 1 is 0.314 bits per heavy atom. The van der Waals surface area contributed by atoms with Gasteiger partial charge in [0.15, 0.2) is 8.07 Å². The topological polar surface area (TPSA) is 3.24 Å². The maximum absolute atomic E-state index is 2.54. The van der Waals surface area contributed by atoms with E-state index in [1.807, 2.05) is 11.8 Å². The molecule has 240 valence electrons. The smallest absolute Gasteiger partial charge is 0.183 e. The third kappa shape index (κ3) is 4.77. The van der Waals surface area contributed by atoms with Crippen molar-refractivity contribution < 1.29 is 0 Å². The van der Waals surface area contributed by atoms with Crippen LogP contribution in [0, 0.1) is 0 Å². The van der Waals surface area contributed by atoms with E-state index in [1.54, 1.807) is 0 Å². The summed E-state index contributed by atoms with van der Waals surface area (Å²) in [5.74, 6) is 0. The molecule has 0 N–H and O–H groups in total. The lowest BCUT2D eigenvalue weighted by Crippen LogP contribution is -2.74. The zero-order valence-corrected chi connectivity index (χ0v) is 29.7. The molecule has 0 aromatic heterocycles. The van der Waals surface area contributed by atoms with Gasteiger partial charge < -0.3 is 4.90 Å². The minimum absolute atomic E-state index is 1.13. The molecule has 8 aromatic carbocycles. The Morgan fingerprint density at radius 3 is 1.37 bits per heavy atom. The number of fused-ring (bicyclic) bond motifs is 9. The van der Waals surface area contributed by atoms with Gasteiger partial charge in [0.1, 0.15) is 0 Å². The summed E-state index contributed by atoms with van der Waals surface area (Å²) < 4.78 is 0. The number of nitrogens with zero attached hydrogens (tertiary/aromatic N) is 1. The van der Waals surface area contributed by atoms with E-state index in [4.69, 9.17) is 0 Å². The Bertz CT molecular complexity index is 2500. The summed E-state index contributed by atoms with van der Waals surface area (Å²) in [5.41, 5.74) is 11.1. The molecule has 0 saturated carbocycles. The molecule has 3 heteroatoms. The van der Waals surface area contributed by atoms with Crippen molar-refractivity contribution >= 4 is 57.6 Å². The maximum Gasteiger partial charge on any atom is 0.183 e. The highest BCUT2D eigenvalue weighted by atomic mass is 32.2. The van der Waals surface area contributed by atoms with Crippen molar-refractivity contribution in [2.45, 2.75) is 9.79 Å². The molecule has 2 aliphatic heterocycles. The molecule has 0 unspecified atom stereocenters. The van der Waals surface area contributed by atoms with Crippen LogP contribution < -0.4 is 25.6 Å². The first-order valence-corrected chi connectivity index (χ1v) is 20.3. The van der Waals surface area contributed by atoms with Gasteiger partial charge in [-0.05, 0) is 103 Å². The fourth-order valence-electron chi connectivity index (χ4n) is 8.30. The van der Waals surface area contributed by atoms with Crippen LogP contribution in [-0.4, -0.2) is 8.07 Å². The quantitative estimate of drug-likeness (QED) is 0.166. The van der Waals surface area contributed by atoms with Gasteiger partial charge in [0, 0.05) is 26.9 Å². The summed E-state index contributed by atoms with van der Waals surface area (Å²) in [4.78, 5) is 5.10. The molecule has 0 aliphatic carbocycles. The van der Waals surface area contributed by atoms with Crippen LogP contribution in [0.3, 0.4) is 0 Å². The molecule has 51 heavy (non-hydrogen) atoms. The Balaban J connectivity index is 1.08. The molecular formula is C48H33NSSi. The van der Waals surface area contributed by atoms with Gasteiger partial charge in [-0.1, -0.05) is 163 Å². The molecule has 1 spiro atoms. The van der Waals surface area contributed by atoms with Gasteiger partial charge in [-0.2, -0.15) is 0 Å². The second-order valence-electron chi connectivity index (χ2n) is 13.3. The van der Waals surface area contributed by atoms with E-state index >= 15 is 0 Å². The third-order valence-electron chi connectivity index (χ3n) is 10.6. The number of benzene rings is 8. The van der Waals surface area contributed by atoms with E-state index in [2.05, 4.69) is 205 Å². The lowest BCUT2D eigenvalue weighted by Gasteiger charge is -2.38. The highest BCUT2D eigenvalue weighted by Crippen LogP contribution is 2.40. The lowest BCUT2D eigenvalue weighted by atomic mass is 10.0. The number of para-hydroxylation sites is 1. The standard InChI is InChI=1S/C48H33NSSi/c1-3-13-34(14-4-1)35-23-28-39(29-24-35)49(38-15-5-2-6-16-38)40-30-25-36(26-31-40)37-27-32-44-48(33-37)51(47-22-12-9-19-43(47)50-44)45-20-10-7-17-41(45)42-18-8-11-21-46(42)51/h1-33H. The van der Waals surface area contributed by atoms with Gasteiger partial charge in [0.05, 0.1) is 0 Å². The minimum Gasteiger partial charge on any atom is -0.311 e. The van der Waals surface area contributed by atoms with Crippen LogP contribution in [0.5, 0.6) is 0 Å². The van der Waals surface area contributed by atoms with E-state index in [0.29, 0.717) is 0 Å². The molecule has 0 atom stereocenters. The monoisotopic (exact) mass is 683 g/mol. The largest absolute Gasteiger partial charge is 0.311 e. The zero-order chi connectivity index (χ0) is 33.8. The Labute approximate surface area is 304 Å². The van der Waals surface area contributed by atoms with E-state index in [0.717, 1.165) is 17.1 Å². The van der Waals surface area contributed by atoms with Crippen molar-refractivity contribution in [1.29, 1.82) is 0 Å². The predicted molar refractivity (Wildman–Crippen MR) is 219 cm³/mol. The molecule has 0 bridgehead atoms. The van der Waals surface area contributed by atoms with Crippen LogP contribution in [0.2, 0.25) is 0 Å². The highest BCUT2D eigenvalue weighted by Gasteiger charge is 2.52. The lowest BCUT2D eigenvalue weighted by molar-refractivity contribution is 1.28. The van der Waals surface area contributed by atoms with Crippen molar-refractivity contribution in [3.05, 3.63) is 200 Å². The zero-order valence-electron chi connectivity index (χ0n) is 27.9. The third-order valence-corrected chi connectivity index (χ3v) is 17.0. The molecule has 0 saturated heterocycles. The second-order valence-corrected chi connectivity index (χ2v) is 18.0. The average molecular weight is 684 g/mol. The first-order chi connectivity index (χ1) is 25.3. The second kappa shape index (κ2) is 12.2. The number of hydrogen-bond acceptors (Lipinski definition) is 2. The first-order valence-electron chi connectivity index (χ1n) is 17.5. The maximum atomic E-state index is 2.52. The summed E-state index contributed by atoms with van der Waals surface area (Å²) in [6.07, 6.45) is 0. The van der Waals surface area contributed by atoms with Crippen molar-refractivity contribution in [2.24, 2.45) is 0 Å². The summed E-state index contributed by atoms with van der Waals surface area (Å²) in [5, 5.41) is 6.01. The van der Waals surface area contributed by atoms with Crippen LogP contribution in [0.25, 0.3) is 33.4 Å². The minimum atomic E-state index is -2.54. The molecule has 2 heterocycles. The summed E-state index contributed by atoms with van der Waals surface area (Å²) >= 11 is 1.93. The fourth-order valence-corrected chi connectivity index (χ4v) is 15.7. The Kier molecular flexibility index (Phi) is 7.16. The van der Waals surface area contributed by atoms with Crippen molar-refractivity contribution in [2.75, 3.05) is 4.90 Å². The molecule has 8 aromatic rings. The van der Waals surface area contributed by atoms with Gasteiger partial charge in [0.25, 0.3) is 0 Å². The van der Waals surface area contributed by atoms with E-state index in [-0.39, 0.29) is 0 Å². The Morgan fingerprint density at radius 2 is 0.745 bits per heavy atom. The Hall–Kier alpha value is -5.87. The van der Waals surface area contributed by atoms with Gasteiger partial charge in [-0.25, -0.2) is 0 Å². The first kappa shape index (κ1) is 30.0. The molecular weight excluding hydrogens is 651 g/mol. The predicted octanol–water partition coefficient (Wildman–Crippen LogP) is 10.3. The van der Waals surface area contributed by atoms with Gasteiger partial charge in [-0.3, -0.25) is 0 Å². The van der Waals surface area contributed by atoms with Crippen LogP contribution in [0.4, 0.5) is 17.1 Å². The average Bonchev–Trinajstić information content (AvgIpc) is 3.50. The fraction of sp³-hybridized carbons (Fsp3) is 0. The van der Waals surface area contributed by atoms with Crippen molar-refractivity contribution in [3.8, 4) is 33.4 Å². The van der Waals surface area contributed by atoms with Crippen LogP contribution in [0.15, 0.2) is 210 Å². The molecule has 0 amide bonds. The summed E-state index contributed by atoms with van der Waals surface area (Å²) in [6, 6.07) is 73.9. The highest BCUT2D eigenvalue weighted by molar-refractivity contribution is 8.00. The van der Waals surface area contributed by atoms with Gasteiger partial charge in [-0.15, -0.1) is 0 Å². The van der Waals surface area contributed by atoms with Crippen molar-refractivity contribution in [3.63, 3.8) is 0 Å². The summed E-state index contributed by atoms with van der Waals surface area (Å²) in [6.45, 7) is 0.